The van der Waals surface area contributed by atoms with Gasteiger partial charge in [0.1, 0.15) is 5.54 Å². The third-order valence-electron chi connectivity index (χ3n) is 7.72. The summed E-state index contributed by atoms with van der Waals surface area (Å²) in [6.07, 6.45) is 3.66. The molecular weight excluding hydrogens is 392 g/mol. The number of likely N-dealkylation sites (tertiary alicyclic amines) is 2. The first-order chi connectivity index (χ1) is 15.0. The van der Waals surface area contributed by atoms with E-state index in [1.54, 1.807) is 0 Å². The number of hydrogen-bond acceptors (Lipinski definition) is 4. The molecule has 3 heterocycles. The largest absolute Gasteiger partial charge is 0.342 e. The molecule has 1 saturated carbocycles. The predicted molar refractivity (Wildman–Crippen MR) is 116 cm³/mol. The first-order valence-corrected chi connectivity index (χ1v) is 11.7. The van der Waals surface area contributed by atoms with E-state index in [1.165, 1.54) is 10.5 Å². The van der Waals surface area contributed by atoms with Crippen molar-refractivity contribution in [3.05, 3.63) is 35.9 Å². The van der Waals surface area contributed by atoms with Gasteiger partial charge in [0.15, 0.2) is 0 Å². The molecule has 1 N–H and O–H groups in total. The molecule has 0 aromatic heterocycles. The van der Waals surface area contributed by atoms with Crippen molar-refractivity contribution in [1.82, 2.24) is 20.0 Å². The van der Waals surface area contributed by atoms with Gasteiger partial charge in [0.05, 0.1) is 0 Å². The summed E-state index contributed by atoms with van der Waals surface area (Å²) < 4.78 is 0. The highest BCUT2D eigenvalue weighted by Crippen LogP contribution is 2.40. The SMILES string of the molecule is C[C@H]1C[C@H]1C(=O)N1CCC(N2C(=O)NC3(CCN(Cc4ccccc4)CC3)C2=O)CC1. The maximum atomic E-state index is 13.4. The first kappa shape index (κ1) is 20.5. The Bertz CT molecular complexity index is 857. The van der Waals surface area contributed by atoms with Gasteiger partial charge in [-0.1, -0.05) is 37.3 Å². The number of nitrogens with zero attached hydrogens (tertiary/aromatic N) is 3. The molecule has 1 aromatic rings. The number of hydrogen-bond donors (Lipinski definition) is 1. The zero-order valence-corrected chi connectivity index (χ0v) is 18.3. The maximum Gasteiger partial charge on any atom is 0.325 e. The lowest BCUT2D eigenvalue weighted by Crippen LogP contribution is -2.55. The number of benzene rings is 1. The Kier molecular flexibility index (Phi) is 5.24. The summed E-state index contributed by atoms with van der Waals surface area (Å²) in [7, 11) is 0. The topological polar surface area (TPSA) is 73.0 Å². The quantitative estimate of drug-likeness (QED) is 0.753. The molecule has 4 aliphatic rings. The predicted octanol–water partition coefficient (Wildman–Crippen LogP) is 2.22. The summed E-state index contributed by atoms with van der Waals surface area (Å²) in [5.41, 5.74) is 0.518. The standard InChI is InChI=1S/C24H32N4O3/c1-17-15-20(17)21(29)27-11-7-19(8-12-27)28-22(30)24(25-23(28)31)9-13-26(14-10-24)16-18-5-3-2-4-6-18/h2-6,17,19-20H,7-16H2,1H3,(H,25,31)/t17-,20+/m0/s1. The summed E-state index contributed by atoms with van der Waals surface area (Å²) in [5, 5.41) is 3.05. The van der Waals surface area contributed by atoms with Crippen LogP contribution in [0.1, 0.15) is 44.6 Å². The summed E-state index contributed by atoms with van der Waals surface area (Å²) in [6.45, 7) is 5.85. The average Bonchev–Trinajstić information content (AvgIpc) is 3.46. The van der Waals surface area contributed by atoms with Crippen LogP contribution in [0.15, 0.2) is 30.3 Å². The molecule has 7 nitrogen and oxygen atoms in total. The van der Waals surface area contributed by atoms with Crippen LogP contribution in [0.4, 0.5) is 4.79 Å². The Morgan fingerprint density at radius 2 is 1.71 bits per heavy atom. The van der Waals surface area contributed by atoms with E-state index in [4.69, 9.17) is 0 Å². The Balaban J connectivity index is 1.17. The molecule has 5 rings (SSSR count). The van der Waals surface area contributed by atoms with Gasteiger partial charge in [-0.2, -0.15) is 0 Å². The zero-order chi connectivity index (χ0) is 21.6. The molecule has 3 aliphatic heterocycles. The van der Waals surface area contributed by atoms with Crippen LogP contribution in [0.25, 0.3) is 0 Å². The lowest BCUT2D eigenvalue weighted by atomic mass is 9.86. The Hall–Kier alpha value is -2.41. The third-order valence-corrected chi connectivity index (χ3v) is 7.72. The molecule has 1 aromatic carbocycles. The van der Waals surface area contributed by atoms with Crippen molar-refractivity contribution in [3.8, 4) is 0 Å². The summed E-state index contributed by atoms with van der Waals surface area (Å²) in [6, 6.07) is 10.00. The smallest absolute Gasteiger partial charge is 0.325 e. The Labute approximate surface area is 183 Å². The fourth-order valence-corrected chi connectivity index (χ4v) is 5.49. The molecule has 1 spiro atoms. The third kappa shape index (κ3) is 3.84. The van der Waals surface area contributed by atoms with E-state index < -0.39 is 5.54 Å². The van der Waals surface area contributed by atoms with Crippen LogP contribution in [0.5, 0.6) is 0 Å². The van der Waals surface area contributed by atoms with E-state index in [0.717, 1.165) is 26.1 Å². The van der Waals surface area contributed by atoms with Crippen molar-refractivity contribution in [1.29, 1.82) is 0 Å². The molecule has 3 saturated heterocycles. The maximum absolute atomic E-state index is 13.4. The summed E-state index contributed by atoms with van der Waals surface area (Å²) >= 11 is 0. The Morgan fingerprint density at radius 3 is 2.32 bits per heavy atom. The molecule has 0 radical (unpaired) electrons. The zero-order valence-electron chi connectivity index (χ0n) is 18.3. The molecule has 0 bridgehead atoms. The van der Waals surface area contributed by atoms with Crippen molar-refractivity contribution >= 4 is 17.8 Å². The van der Waals surface area contributed by atoms with Gasteiger partial charge in [-0.25, -0.2) is 4.79 Å². The van der Waals surface area contributed by atoms with Crippen molar-refractivity contribution < 1.29 is 14.4 Å². The van der Waals surface area contributed by atoms with E-state index in [1.807, 2.05) is 23.1 Å². The molecule has 31 heavy (non-hydrogen) atoms. The minimum atomic E-state index is -0.749. The van der Waals surface area contributed by atoms with Crippen molar-refractivity contribution in [3.63, 3.8) is 0 Å². The highest BCUT2D eigenvalue weighted by Gasteiger charge is 2.54. The van der Waals surface area contributed by atoms with E-state index in [9.17, 15) is 14.4 Å². The average molecular weight is 425 g/mol. The minimum absolute atomic E-state index is 0.0579. The molecular formula is C24H32N4O3. The molecule has 7 heteroatoms. The molecule has 166 valence electrons. The number of carbonyl (C=O) groups excluding carboxylic acids is 3. The van der Waals surface area contributed by atoms with Gasteiger partial charge in [0, 0.05) is 44.7 Å². The second-order valence-corrected chi connectivity index (χ2v) is 9.83. The van der Waals surface area contributed by atoms with Gasteiger partial charge in [0.25, 0.3) is 5.91 Å². The number of carbonyl (C=O) groups is 3. The highest BCUT2D eigenvalue weighted by atomic mass is 16.2. The fourth-order valence-electron chi connectivity index (χ4n) is 5.49. The molecule has 4 amide bonds. The van der Waals surface area contributed by atoms with E-state index in [-0.39, 0.29) is 29.8 Å². The van der Waals surface area contributed by atoms with Crippen LogP contribution >= 0.6 is 0 Å². The van der Waals surface area contributed by atoms with Crippen molar-refractivity contribution in [2.75, 3.05) is 26.2 Å². The molecule has 0 unspecified atom stereocenters. The van der Waals surface area contributed by atoms with Gasteiger partial charge in [0.2, 0.25) is 5.91 Å². The highest BCUT2D eigenvalue weighted by molar-refractivity contribution is 6.07. The second-order valence-electron chi connectivity index (χ2n) is 9.83. The lowest BCUT2D eigenvalue weighted by molar-refractivity contribution is -0.137. The van der Waals surface area contributed by atoms with Gasteiger partial charge in [-0.05, 0) is 43.6 Å². The van der Waals surface area contributed by atoms with Crippen LogP contribution in [0, 0.1) is 11.8 Å². The van der Waals surface area contributed by atoms with Crippen LogP contribution in [-0.2, 0) is 16.1 Å². The van der Waals surface area contributed by atoms with Crippen molar-refractivity contribution in [2.45, 2.75) is 57.2 Å². The lowest BCUT2D eigenvalue weighted by Gasteiger charge is -2.39. The van der Waals surface area contributed by atoms with Crippen molar-refractivity contribution in [2.24, 2.45) is 11.8 Å². The Morgan fingerprint density at radius 1 is 1.06 bits per heavy atom. The van der Waals surface area contributed by atoms with Crippen LogP contribution < -0.4 is 5.32 Å². The normalized spacial score (nSPS) is 28.8. The summed E-state index contributed by atoms with van der Waals surface area (Å²) in [4.78, 5) is 44.4. The molecule has 2 atom stereocenters. The molecule has 1 aliphatic carbocycles. The number of imide groups is 1. The van der Waals surface area contributed by atoms with Crippen LogP contribution in [-0.4, -0.2) is 70.3 Å². The summed E-state index contributed by atoms with van der Waals surface area (Å²) in [5.74, 6) is 0.893. The monoisotopic (exact) mass is 424 g/mol. The first-order valence-electron chi connectivity index (χ1n) is 11.7. The minimum Gasteiger partial charge on any atom is -0.342 e. The van der Waals surface area contributed by atoms with Gasteiger partial charge >= 0.3 is 6.03 Å². The van der Waals surface area contributed by atoms with Gasteiger partial charge in [-0.3, -0.25) is 19.4 Å². The second kappa shape index (κ2) is 7.93. The number of nitrogens with one attached hydrogen (secondary N) is 1. The fraction of sp³-hybridized carbons (Fsp3) is 0.625. The number of piperidine rings is 2. The van der Waals surface area contributed by atoms with E-state index in [2.05, 4.69) is 29.3 Å². The van der Waals surface area contributed by atoms with Crippen LogP contribution in [0.2, 0.25) is 0 Å². The number of rotatable bonds is 4. The van der Waals surface area contributed by atoms with E-state index in [0.29, 0.717) is 44.7 Å². The number of amides is 4. The van der Waals surface area contributed by atoms with Gasteiger partial charge in [-0.15, -0.1) is 0 Å². The van der Waals surface area contributed by atoms with Gasteiger partial charge < -0.3 is 10.2 Å². The molecule has 4 fully saturated rings. The van der Waals surface area contributed by atoms with Crippen LogP contribution in [0.3, 0.4) is 0 Å². The van der Waals surface area contributed by atoms with E-state index >= 15 is 0 Å². The number of urea groups is 1.